The highest BCUT2D eigenvalue weighted by atomic mass is 35.5. The van der Waals surface area contributed by atoms with Gasteiger partial charge in [0.05, 0.1) is 5.69 Å². The molecule has 0 unspecified atom stereocenters. The first-order valence-electron chi connectivity index (χ1n) is 9.46. The van der Waals surface area contributed by atoms with Crippen LogP contribution in [-0.4, -0.2) is 62.6 Å². The van der Waals surface area contributed by atoms with Gasteiger partial charge in [-0.3, -0.25) is 14.5 Å². The van der Waals surface area contributed by atoms with E-state index in [9.17, 15) is 9.59 Å². The van der Waals surface area contributed by atoms with E-state index < -0.39 is 0 Å². The average molecular weight is 433 g/mol. The van der Waals surface area contributed by atoms with Crippen LogP contribution >= 0.6 is 24.8 Å². The molecule has 2 saturated heterocycles. The highest BCUT2D eigenvalue weighted by Gasteiger charge is 2.25. The van der Waals surface area contributed by atoms with Crippen LogP contribution in [0.3, 0.4) is 0 Å². The van der Waals surface area contributed by atoms with Gasteiger partial charge in [-0.2, -0.15) is 0 Å². The fourth-order valence-electron chi connectivity index (χ4n) is 3.69. The fraction of sp³-hybridized carbons (Fsp3) is 0.579. The van der Waals surface area contributed by atoms with Crippen molar-refractivity contribution in [2.24, 2.45) is 0 Å². The monoisotopic (exact) mass is 432 g/mol. The first kappa shape index (κ1) is 24.5. The average Bonchev–Trinajstić information content (AvgIpc) is 2.70. The number of carbonyl (C=O) groups is 2. The normalized spacial score (nSPS) is 17.8. The number of hydrogen-bond acceptors (Lipinski definition) is 6. The second-order valence-electron chi connectivity index (χ2n) is 6.77. The van der Waals surface area contributed by atoms with Crippen LogP contribution < -0.4 is 20.3 Å². The molecule has 2 heterocycles. The Balaban J connectivity index is 0.00000196. The van der Waals surface area contributed by atoms with Gasteiger partial charge in [-0.15, -0.1) is 24.8 Å². The molecule has 0 radical (unpaired) electrons. The standard InChI is InChI=1S/C19H28N4O3.2ClH/c1-2-19(25)26-18-4-3-16(13-17(18)21-14-24)23-11-9-22(10-12-23)15-5-7-20-8-6-15;;/h3-4,13-15,20H,2,5-12H2,1H3,(H,21,24);2*1H. The molecule has 2 fully saturated rings. The van der Waals surface area contributed by atoms with Crippen LogP contribution in [0.1, 0.15) is 26.2 Å². The largest absolute Gasteiger partial charge is 0.424 e. The Hall–Kier alpha value is -1.54. The van der Waals surface area contributed by atoms with E-state index in [1.54, 1.807) is 13.0 Å². The highest BCUT2D eigenvalue weighted by Crippen LogP contribution is 2.30. The molecule has 158 valence electrons. The molecule has 3 rings (SSSR count). The van der Waals surface area contributed by atoms with Gasteiger partial charge in [-0.05, 0) is 44.1 Å². The summed E-state index contributed by atoms with van der Waals surface area (Å²) < 4.78 is 5.29. The second-order valence-corrected chi connectivity index (χ2v) is 6.77. The van der Waals surface area contributed by atoms with E-state index in [1.807, 2.05) is 12.1 Å². The summed E-state index contributed by atoms with van der Waals surface area (Å²) in [6.45, 7) is 7.98. The van der Waals surface area contributed by atoms with Gasteiger partial charge >= 0.3 is 5.97 Å². The molecule has 28 heavy (non-hydrogen) atoms. The Kier molecular flexibility index (Phi) is 10.6. The molecule has 0 aliphatic carbocycles. The second kappa shape index (κ2) is 12.1. The number of carbonyl (C=O) groups excluding carboxylic acids is 2. The Morgan fingerprint density at radius 3 is 2.50 bits per heavy atom. The maximum absolute atomic E-state index is 11.6. The van der Waals surface area contributed by atoms with Crippen molar-refractivity contribution in [3.8, 4) is 5.75 Å². The molecular weight excluding hydrogens is 403 g/mol. The van der Waals surface area contributed by atoms with Crippen LogP contribution in [0.25, 0.3) is 0 Å². The lowest BCUT2D eigenvalue weighted by molar-refractivity contribution is -0.134. The number of esters is 1. The summed E-state index contributed by atoms with van der Waals surface area (Å²) in [7, 11) is 0. The summed E-state index contributed by atoms with van der Waals surface area (Å²) in [5, 5.41) is 6.06. The summed E-state index contributed by atoms with van der Waals surface area (Å²) in [6.07, 6.45) is 3.36. The van der Waals surface area contributed by atoms with Gasteiger partial charge < -0.3 is 20.3 Å². The molecule has 0 bridgehead atoms. The topological polar surface area (TPSA) is 73.9 Å². The zero-order valence-corrected chi connectivity index (χ0v) is 17.8. The van der Waals surface area contributed by atoms with Gasteiger partial charge in [-0.1, -0.05) is 6.92 Å². The summed E-state index contributed by atoms with van der Waals surface area (Å²) in [6, 6.07) is 6.29. The van der Waals surface area contributed by atoms with E-state index in [0.717, 1.165) is 45.0 Å². The van der Waals surface area contributed by atoms with E-state index in [4.69, 9.17) is 4.74 Å². The summed E-state index contributed by atoms with van der Waals surface area (Å²) in [5.41, 5.74) is 1.57. The van der Waals surface area contributed by atoms with Crippen LogP contribution in [-0.2, 0) is 9.59 Å². The van der Waals surface area contributed by atoms with E-state index in [1.165, 1.54) is 12.8 Å². The van der Waals surface area contributed by atoms with E-state index in [0.29, 0.717) is 30.3 Å². The number of piperazine rings is 1. The Labute approximate surface area is 179 Å². The van der Waals surface area contributed by atoms with Gasteiger partial charge in [0, 0.05) is 44.3 Å². The molecule has 0 saturated carbocycles. The van der Waals surface area contributed by atoms with Crippen molar-refractivity contribution < 1.29 is 14.3 Å². The zero-order chi connectivity index (χ0) is 18.4. The number of rotatable bonds is 6. The Morgan fingerprint density at radius 1 is 1.21 bits per heavy atom. The van der Waals surface area contributed by atoms with Gasteiger partial charge in [0.25, 0.3) is 0 Å². The van der Waals surface area contributed by atoms with E-state index in [-0.39, 0.29) is 30.8 Å². The molecular formula is C19H30Cl2N4O3. The smallest absolute Gasteiger partial charge is 0.310 e. The summed E-state index contributed by atoms with van der Waals surface area (Å²) in [4.78, 5) is 27.4. The van der Waals surface area contributed by atoms with Crippen molar-refractivity contribution in [1.29, 1.82) is 0 Å². The van der Waals surface area contributed by atoms with Crippen molar-refractivity contribution in [2.75, 3.05) is 49.5 Å². The summed E-state index contributed by atoms with van der Waals surface area (Å²) in [5.74, 6) is 0.0725. The number of anilines is 2. The van der Waals surface area contributed by atoms with Crippen LogP contribution in [0.5, 0.6) is 5.75 Å². The lowest BCUT2D eigenvalue weighted by Crippen LogP contribution is -2.52. The van der Waals surface area contributed by atoms with Crippen LogP contribution in [0.15, 0.2) is 18.2 Å². The Bertz CT molecular complexity index is 634. The van der Waals surface area contributed by atoms with Crippen LogP contribution in [0.4, 0.5) is 11.4 Å². The third-order valence-electron chi connectivity index (χ3n) is 5.19. The number of ether oxygens (including phenoxy) is 1. The number of nitrogens with zero attached hydrogens (tertiary/aromatic N) is 2. The van der Waals surface area contributed by atoms with Gasteiger partial charge in [0.2, 0.25) is 6.41 Å². The molecule has 1 aromatic carbocycles. The number of benzene rings is 1. The van der Waals surface area contributed by atoms with Gasteiger partial charge in [-0.25, -0.2) is 0 Å². The quantitative estimate of drug-likeness (QED) is 0.408. The third kappa shape index (κ3) is 6.24. The lowest BCUT2D eigenvalue weighted by atomic mass is 10.0. The number of piperidine rings is 1. The first-order valence-corrected chi connectivity index (χ1v) is 9.46. The van der Waals surface area contributed by atoms with Crippen molar-refractivity contribution in [3.63, 3.8) is 0 Å². The van der Waals surface area contributed by atoms with Crippen molar-refractivity contribution in [2.45, 2.75) is 32.2 Å². The maximum Gasteiger partial charge on any atom is 0.310 e. The first-order chi connectivity index (χ1) is 12.7. The molecule has 0 aromatic heterocycles. The van der Waals surface area contributed by atoms with E-state index >= 15 is 0 Å². The Morgan fingerprint density at radius 2 is 1.89 bits per heavy atom. The SMILES string of the molecule is CCC(=O)Oc1ccc(N2CCN(C3CCNCC3)CC2)cc1NC=O.Cl.Cl. The van der Waals surface area contributed by atoms with E-state index in [2.05, 4.69) is 20.4 Å². The molecule has 1 amide bonds. The highest BCUT2D eigenvalue weighted by molar-refractivity contribution is 5.85. The molecule has 9 heteroatoms. The number of nitrogens with one attached hydrogen (secondary N) is 2. The minimum Gasteiger partial charge on any atom is -0.424 e. The summed E-state index contributed by atoms with van der Waals surface area (Å²) >= 11 is 0. The molecule has 2 aliphatic heterocycles. The predicted molar refractivity (Wildman–Crippen MR) is 116 cm³/mol. The molecule has 1 aromatic rings. The number of hydrogen-bond donors (Lipinski definition) is 2. The van der Waals surface area contributed by atoms with Crippen molar-refractivity contribution in [1.82, 2.24) is 10.2 Å². The third-order valence-corrected chi connectivity index (χ3v) is 5.19. The van der Waals surface area contributed by atoms with Gasteiger partial charge in [0.15, 0.2) is 5.75 Å². The molecule has 0 spiro atoms. The van der Waals surface area contributed by atoms with Crippen LogP contribution in [0.2, 0.25) is 0 Å². The van der Waals surface area contributed by atoms with Crippen LogP contribution in [0, 0.1) is 0 Å². The lowest BCUT2D eigenvalue weighted by Gasteiger charge is -2.41. The minimum atomic E-state index is -0.317. The molecule has 2 aliphatic rings. The number of halogens is 2. The molecule has 2 N–H and O–H groups in total. The predicted octanol–water partition coefficient (Wildman–Crippen LogP) is 2.29. The number of amides is 1. The zero-order valence-electron chi connectivity index (χ0n) is 16.2. The van der Waals surface area contributed by atoms with Crippen molar-refractivity contribution >= 4 is 48.6 Å². The van der Waals surface area contributed by atoms with Gasteiger partial charge in [0.1, 0.15) is 0 Å². The van der Waals surface area contributed by atoms with Crippen molar-refractivity contribution in [3.05, 3.63) is 18.2 Å². The molecule has 0 atom stereocenters. The maximum atomic E-state index is 11.6. The molecule has 7 nitrogen and oxygen atoms in total. The fourth-order valence-corrected chi connectivity index (χ4v) is 3.69. The minimum absolute atomic E-state index is 0.